The number of carboxylic acid groups (broad SMARTS) is 1. The highest BCUT2D eigenvalue weighted by Gasteiger charge is 2.32. The third-order valence-corrected chi connectivity index (χ3v) is 7.22. The second kappa shape index (κ2) is 11.0. The van der Waals surface area contributed by atoms with Crippen LogP contribution in [0.3, 0.4) is 0 Å². The minimum atomic E-state index is -3.93. The van der Waals surface area contributed by atoms with Gasteiger partial charge in [0, 0.05) is 18.7 Å². The molecule has 1 unspecified atom stereocenters. The predicted octanol–water partition coefficient (Wildman–Crippen LogP) is 2.18. The third kappa shape index (κ3) is 6.74. The van der Waals surface area contributed by atoms with Gasteiger partial charge in [0.15, 0.2) is 9.84 Å². The number of non-ortho nitro benzene ring substituents is 1. The zero-order chi connectivity index (χ0) is 23.9. The molecule has 1 amide bonds. The monoisotopic (exact) mass is 465 g/mol. The van der Waals surface area contributed by atoms with E-state index in [1.165, 1.54) is 12.1 Å². The van der Waals surface area contributed by atoms with Crippen molar-refractivity contribution in [1.82, 2.24) is 10.6 Å². The van der Waals surface area contributed by atoms with Crippen LogP contribution in [0.25, 0.3) is 0 Å². The summed E-state index contributed by atoms with van der Waals surface area (Å²) < 4.78 is 26.2. The van der Waals surface area contributed by atoms with Gasteiger partial charge in [-0.25, -0.2) is 13.2 Å². The van der Waals surface area contributed by atoms with Crippen LogP contribution in [0.15, 0.2) is 59.5 Å². The molecule has 174 valence electrons. The minimum Gasteiger partial charge on any atom is -0.465 e. The average Bonchev–Trinajstić information content (AvgIpc) is 2.73. The number of carbonyl (C=O) groups is 1. The number of sulfone groups is 1. The number of rotatable bonds is 11. The van der Waals surface area contributed by atoms with Gasteiger partial charge >= 0.3 is 6.09 Å². The van der Waals surface area contributed by atoms with E-state index in [4.69, 9.17) is 5.11 Å². The molecule has 2 aromatic carbocycles. The predicted molar refractivity (Wildman–Crippen MR) is 118 cm³/mol. The lowest BCUT2D eigenvalue weighted by molar-refractivity contribution is -0.384. The minimum absolute atomic E-state index is 0.0895. The largest absolute Gasteiger partial charge is 0.465 e. The topological polar surface area (TPSA) is 159 Å². The van der Waals surface area contributed by atoms with Gasteiger partial charge in [-0.1, -0.05) is 44.2 Å². The van der Waals surface area contributed by atoms with E-state index in [1.807, 2.05) is 6.07 Å². The van der Waals surface area contributed by atoms with Crippen molar-refractivity contribution in [2.24, 2.45) is 5.92 Å². The summed E-state index contributed by atoms with van der Waals surface area (Å²) in [6.45, 7) is 3.18. The molecule has 0 aliphatic rings. The van der Waals surface area contributed by atoms with Crippen molar-refractivity contribution in [2.45, 2.75) is 42.7 Å². The Hall–Kier alpha value is -3.02. The van der Waals surface area contributed by atoms with Crippen molar-refractivity contribution in [3.05, 3.63) is 70.3 Å². The van der Waals surface area contributed by atoms with Crippen LogP contribution in [0.1, 0.15) is 19.4 Å². The van der Waals surface area contributed by atoms with Crippen molar-refractivity contribution in [3.8, 4) is 0 Å². The molecule has 0 spiro atoms. The van der Waals surface area contributed by atoms with E-state index in [2.05, 4.69) is 10.6 Å². The Morgan fingerprint density at radius 3 is 2.19 bits per heavy atom. The first-order valence-electron chi connectivity index (χ1n) is 9.95. The summed E-state index contributed by atoms with van der Waals surface area (Å²) in [5.74, 6) is -0.401. The molecule has 0 aromatic heterocycles. The van der Waals surface area contributed by atoms with E-state index in [0.29, 0.717) is 0 Å². The standard InChI is InChI=1S/C21H27N3O7S/c1-14(2)20(32(30,31)17-10-8-16(9-11-17)24(28)29)22-13-19(25)18(23-21(26)27)12-15-6-4-3-5-7-15/h3-11,14,18-20,22-23,25H,12-13H2,1-2H3,(H,26,27)/t18-,19+,20?/m0/s1. The maximum atomic E-state index is 13.1. The molecular formula is C21H27N3O7S. The van der Waals surface area contributed by atoms with Crippen molar-refractivity contribution in [2.75, 3.05) is 6.54 Å². The number of amides is 1. The van der Waals surface area contributed by atoms with Gasteiger partial charge in [0.25, 0.3) is 5.69 Å². The van der Waals surface area contributed by atoms with Gasteiger partial charge in [0.05, 0.1) is 22.0 Å². The molecule has 3 atom stereocenters. The van der Waals surface area contributed by atoms with E-state index >= 15 is 0 Å². The molecule has 32 heavy (non-hydrogen) atoms. The number of aliphatic hydroxyl groups excluding tert-OH is 1. The second-order valence-electron chi connectivity index (χ2n) is 7.68. The zero-order valence-corrected chi connectivity index (χ0v) is 18.5. The van der Waals surface area contributed by atoms with Crippen LogP contribution in [0.5, 0.6) is 0 Å². The maximum absolute atomic E-state index is 13.1. The summed E-state index contributed by atoms with van der Waals surface area (Å²) in [5.41, 5.74) is 0.584. The van der Waals surface area contributed by atoms with Gasteiger partial charge in [-0.3, -0.25) is 15.4 Å². The van der Waals surface area contributed by atoms with Gasteiger partial charge in [-0.15, -0.1) is 0 Å². The maximum Gasteiger partial charge on any atom is 0.404 e. The van der Waals surface area contributed by atoms with Crippen molar-refractivity contribution in [1.29, 1.82) is 0 Å². The summed E-state index contributed by atoms with van der Waals surface area (Å²) >= 11 is 0. The molecule has 0 aliphatic carbocycles. The normalized spacial score (nSPS) is 14.5. The molecule has 11 heteroatoms. The summed E-state index contributed by atoms with van der Waals surface area (Å²) in [6.07, 6.45) is -2.29. The van der Waals surface area contributed by atoms with E-state index in [-0.39, 0.29) is 23.5 Å². The van der Waals surface area contributed by atoms with Gasteiger partial charge in [0.2, 0.25) is 0 Å². The van der Waals surface area contributed by atoms with Crippen molar-refractivity contribution >= 4 is 21.6 Å². The molecule has 0 aliphatic heterocycles. The number of nitrogens with one attached hydrogen (secondary N) is 2. The van der Waals surface area contributed by atoms with E-state index in [9.17, 15) is 28.4 Å². The zero-order valence-electron chi connectivity index (χ0n) is 17.7. The van der Waals surface area contributed by atoms with Gasteiger partial charge in [0.1, 0.15) is 5.37 Å². The molecule has 0 saturated heterocycles. The SMILES string of the molecule is CC(C)C(NC[C@@H](O)[C@H](Cc1ccccc1)NC(=O)O)S(=O)(=O)c1ccc([N+](=O)[O-])cc1. The Kier molecular flexibility index (Phi) is 8.70. The summed E-state index contributed by atoms with van der Waals surface area (Å²) in [5, 5.41) is 34.6. The van der Waals surface area contributed by atoms with Gasteiger partial charge < -0.3 is 15.5 Å². The lowest BCUT2D eigenvalue weighted by Crippen LogP contribution is -2.51. The van der Waals surface area contributed by atoms with Crippen LogP contribution in [-0.2, 0) is 16.3 Å². The van der Waals surface area contributed by atoms with E-state index in [1.54, 1.807) is 38.1 Å². The smallest absolute Gasteiger partial charge is 0.404 e. The Bertz CT molecular complexity index is 1010. The van der Waals surface area contributed by atoms with Crippen LogP contribution in [0, 0.1) is 16.0 Å². The molecule has 0 heterocycles. The molecular weight excluding hydrogens is 438 g/mol. The Morgan fingerprint density at radius 1 is 1.09 bits per heavy atom. The molecule has 0 fully saturated rings. The Balaban J connectivity index is 2.16. The summed E-state index contributed by atoms with van der Waals surface area (Å²) in [6, 6.07) is 12.7. The fourth-order valence-corrected chi connectivity index (χ4v) is 5.14. The molecule has 2 rings (SSSR count). The van der Waals surface area contributed by atoms with Gasteiger partial charge in [-0.2, -0.15) is 0 Å². The van der Waals surface area contributed by atoms with Crippen LogP contribution < -0.4 is 10.6 Å². The molecule has 10 nitrogen and oxygen atoms in total. The van der Waals surface area contributed by atoms with Crippen LogP contribution in [0.2, 0.25) is 0 Å². The molecule has 0 radical (unpaired) electrons. The highest BCUT2D eigenvalue weighted by Crippen LogP contribution is 2.22. The van der Waals surface area contributed by atoms with Crippen molar-refractivity contribution < 1.29 is 28.3 Å². The fraction of sp³-hybridized carbons (Fsp3) is 0.381. The van der Waals surface area contributed by atoms with Gasteiger partial charge in [-0.05, 0) is 30.0 Å². The van der Waals surface area contributed by atoms with Crippen LogP contribution >= 0.6 is 0 Å². The average molecular weight is 466 g/mol. The van der Waals surface area contributed by atoms with Crippen molar-refractivity contribution in [3.63, 3.8) is 0 Å². The van der Waals surface area contributed by atoms with E-state index in [0.717, 1.165) is 17.7 Å². The number of hydrogen-bond donors (Lipinski definition) is 4. The summed E-state index contributed by atoms with van der Waals surface area (Å²) in [4.78, 5) is 21.3. The fourth-order valence-electron chi connectivity index (χ4n) is 3.30. The molecule has 2 aromatic rings. The lowest BCUT2D eigenvalue weighted by atomic mass is 10.0. The molecule has 0 bridgehead atoms. The number of nitrogens with zero attached hydrogens (tertiary/aromatic N) is 1. The first kappa shape index (κ1) is 25.2. The van der Waals surface area contributed by atoms with Crippen LogP contribution in [-0.4, -0.2) is 53.7 Å². The highest BCUT2D eigenvalue weighted by atomic mass is 32.2. The number of hydrogen-bond acceptors (Lipinski definition) is 7. The first-order valence-corrected chi connectivity index (χ1v) is 11.5. The lowest BCUT2D eigenvalue weighted by Gasteiger charge is -2.27. The molecule has 0 saturated carbocycles. The highest BCUT2D eigenvalue weighted by molar-refractivity contribution is 7.92. The Labute approximate surface area is 186 Å². The number of nitro groups is 1. The van der Waals surface area contributed by atoms with Crippen LogP contribution in [0.4, 0.5) is 10.5 Å². The quantitative estimate of drug-likeness (QED) is 0.290. The number of nitro benzene ring substituents is 1. The number of aliphatic hydroxyl groups is 1. The molecule has 4 N–H and O–H groups in total. The third-order valence-electron chi connectivity index (χ3n) is 4.92. The first-order chi connectivity index (χ1) is 15.0. The second-order valence-corrected chi connectivity index (χ2v) is 9.75. The van der Waals surface area contributed by atoms with E-state index < -0.39 is 44.3 Å². The summed E-state index contributed by atoms with van der Waals surface area (Å²) in [7, 11) is -3.93. The number of benzene rings is 2. The Morgan fingerprint density at radius 2 is 1.69 bits per heavy atom.